The Morgan fingerprint density at radius 3 is 2.27 bits per heavy atom. The van der Waals surface area contributed by atoms with Crippen molar-refractivity contribution in [1.29, 1.82) is 0 Å². The smallest absolute Gasteiger partial charge is 0.283 e. The Morgan fingerprint density at radius 2 is 1.73 bits per heavy atom. The Balaban J connectivity index is 2.24. The molecule has 0 bridgehead atoms. The van der Waals surface area contributed by atoms with Gasteiger partial charge < -0.3 is 0 Å². The number of anilines is 1. The minimum atomic E-state index is -0.504. The quantitative estimate of drug-likeness (QED) is 0.620. The fraction of sp³-hybridized carbons (Fsp3) is 0.188. The Morgan fingerprint density at radius 1 is 1.09 bits per heavy atom. The molecule has 1 aliphatic rings. The molecule has 2 aromatic rings. The van der Waals surface area contributed by atoms with Crippen molar-refractivity contribution in [2.45, 2.75) is 13.3 Å². The summed E-state index contributed by atoms with van der Waals surface area (Å²) in [5, 5.41) is 0. The van der Waals surface area contributed by atoms with Gasteiger partial charge in [0, 0.05) is 12.6 Å². The van der Waals surface area contributed by atoms with Crippen LogP contribution >= 0.6 is 0 Å². The number of rotatable bonds is 2. The van der Waals surface area contributed by atoms with Gasteiger partial charge in [0.05, 0.1) is 17.8 Å². The molecule has 112 valence electrons. The maximum atomic E-state index is 12.8. The van der Waals surface area contributed by atoms with Crippen LogP contribution in [-0.2, 0) is 16.6 Å². The second-order valence-electron chi connectivity index (χ2n) is 5.22. The van der Waals surface area contributed by atoms with E-state index in [9.17, 15) is 14.4 Å². The van der Waals surface area contributed by atoms with Crippen molar-refractivity contribution in [2.24, 2.45) is 7.05 Å². The molecule has 6 heteroatoms. The summed E-state index contributed by atoms with van der Waals surface area (Å²) in [5.41, 5.74) is 1.12. The third kappa shape index (κ3) is 1.84. The fourth-order valence-corrected chi connectivity index (χ4v) is 2.65. The summed E-state index contributed by atoms with van der Waals surface area (Å²) in [6.45, 7) is 5.29. The molecule has 6 nitrogen and oxygen atoms in total. The van der Waals surface area contributed by atoms with Crippen molar-refractivity contribution in [3.05, 3.63) is 58.5 Å². The average molecular weight is 297 g/mol. The zero-order valence-electron chi connectivity index (χ0n) is 12.4. The lowest BCUT2D eigenvalue weighted by molar-refractivity contribution is -0.120. The molecule has 0 aliphatic carbocycles. The number of para-hydroxylation sites is 1. The molecule has 0 N–H and O–H groups in total. The Labute approximate surface area is 126 Å². The van der Waals surface area contributed by atoms with Gasteiger partial charge in [0.1, 0.15) is 5.69 Å². The van der Waals surface area contributed by atoms with E-state index in [1.54, 1.807) is 30.8 Å². The van der Waals surface area contributed by atoms with Crippen molar-refractivity contribution in [3.8, 4) is 5.69 Å². The van der Waals surface area contributed by atoms with Crippen LogP contribution in [0.3, 0.4) is 0 Å². The van der Waals surface area contributed by atoms with E-state index < -0.39 is 17.4 Å². The van der Waals surface area contributed by atoms with E-state index in [2.05, 4.69) is 6.58 Å². The van der Waals surface area contributed by atoms with Crippen LogP contribution in [0.15, 0.2) is 47.3 Å². The molecule has 0 atom stereocenters. The summed E-state index contributed by atoms with van der Waals surface area (Å²) in [6.07, 6.45) is -0.0437. The van der Waals surface area contributed by atoms with E-state index in [0.29, 0.717) is 11.4 Å². The lowest BCUT2D eigenvalue weighted by Gasteiger charge is -2.11. The van der Waals surface area contributed by atoms with Crippen molar-refractivity contribution in [1.82, 2.24) is 9.36 Å². The van der Waals surface area contributed by atoms with E-state index in [4.69, 9.17) is 0 Å². The molecule has 3 rings (SSSR count). The number of hydrogen-bond acceptors (Lipinski definition) is 3. The summed E-state index contributed by atoms with van der Waals surface area (Å²) in [5.74, 6) is -0.919. The van der Waals surface area contributed by atoms with Gasteiger partial charge in [-0.25, -0.2) is 9.58 Å². The van der Waals surface area contributed by atoms with Gasteiger partial charge in [0.15, 0.2) is 0 Å². The normalized spacial score (nSPS) is 15.0. The molecular formula is C16H15N3O3. The molecule has 1 aromatic carbocycles. The first-order valence-corrected chi connectivity index (χ1v) is 6.82. The number of amides is 2. The molecule has 2 amide bonds. The number of benzene rings is 1. The lowest BCUT2D eigenvalue weighted by Crippen LogP contribution is -2.34. The molecule has 1 aliphatic heterocycles. The first-order chi connectivity index (χ1) is 10.4. The minimum Gasteiger partial charge on any atom is -0.283 e. The van der Waals surface area contributed by atoms with Crippen molar-refractivity contribution < 1.29 is 9.59 Å². The first kappa shape index (κ1) is 14.1. The van der Waals surface area contributed by atoms with Crippen LogP contribution < -0.4 is 10.5 Å². The molecular weight excluding hydrogens is 282 g/mol. The number of nitrogens with zero attached hydrogens (tertiary/aromatic N) is 3. The van der Waals surface area contributed by atoms with Crippen molar-refractivity contribution in [2.75, 3.05) is 4.90 Å². The van der Waals surface area contributed by atoms with E-state index in [1.165, 1.54) is 4.68 Å². The highest BCUT2D eigenvalue weighted by Crippen LogP contribution is 2.26. The number of aromatic nitrogens is 2. The van der Waals surface area contributed by atoms with Crippen LogP contribution in [0.2, 0.25) is 0 Å². The second-order valence-corrected chi connectivity index (χ2v) is 5.22. The Kier molecular flexibility index (Phi) is 3.09. The van der Waals surface area contributed by atoms with Crippen LogP contribution in [0.4, 0.5) is 5.69 Å². The van der Waals surface area contributed by atoms with Crippen molar-refractivity contribution in [3.63, 3.8) is 0 Å². The van der Waals surface area contributed by atoms with Crippen LogP contribution in [0.25, 0.3) is 5.69 Å². The van der Waals surface area contributed by atoms with Crippen LogP contribution in [-0.4, -0.2) is 21.2 Å². The predicted molar refractivity (Wildman–Crippen MR) is 82.0 cm³/mol. The topological polar surface area (TPSA) is 64.3 Å². The van der Waals surface area contributed by atoms with E-state index in [-0.39, 0.29) is 17.7 Å². The van der Waals surface area contributed by atoms with Crippen LogP contribution in [0.5, 0.6) is 0 Å². The average Bonchev–Trinajstić information content (AvgIpc) is 2.86. The van der Waals surface area contributed by atoms with Gasteiger partial charge in [-0.1, -0.05) is 24.8 Å². The number of hydrogen-bond donors (Lipinski definition) is 0. The summed E-state index contributed by atoms with van der Waals surface area (Å²) < 4.78 is 3.07. The number of carbonyl (C=O) groups excluding carboxylic acids is 2. The first-order valence-electron chi connectivity index (χ1n) is 6.82. The molecule has 1 aromatic heterocycles. The third-order valence-corrected chi connectivity index (χ3v) is 3.87. The Hall–Kier alpha value is -2.89. The highest BCUT2D eigenvalue weighted by molar-refractivity contribution is 6.28. The summed E-state index contributed by atoms with van der Waals surface area (Å²) in [7, 11) is 1.72. The largest absolute Gasteiger partial charge is 0.296 e. The van der Waals surface area contributed by atoms with Gasteiger partial charge in [-0.2, -0.15) is 0 Å². The lowest BCUT2D eigenvalue weighted by atomic mass is 10.3. The molecule has 0 radical (unpaired) electrons. The van der Waals surface area contributed by atoms with Crippen LogP contribution in [0.1, 0.15) is 12.1 Å². The van der Waals surface area contributed by atoms with E-state index in [1.807, 2.05) is 18.2 Å². The molecule has 1 fully saturated rings. The monoisotopic (exact) mass is 297 g/mol. The van der Waals surface area contributed by atoms with Crippen LogP contribution in [0, 0.1) is 6.92 Å². The summed E-state index contributed by atoms with van der Waals surface area (Å²) >= 11 is 0. The minimum absolute atomic E-state index is 0.0437. The van der Waals surface area contributed by atoms with E-state index in [0.717, 1.165) is 4.90 Å². The molecule has 0 spiro atoms. The number of imide groups is 1. The SMILES string of the molecule is C=C1CC(=O)N(c2c(C)n(C)n(-c3ccccc3)c2=O)C1=O. The molecule has 0 saturated carbocycles. The zero-order valence-corrected chi connectivity index (χ0v) is 12.4. The third-order valence-electron chi connectivity index (χ3n) is 3.87. The number of carbonyl (C=O) groups is 2. The second kappa shape index (κ2) is 4.84. The predicted octanol–water partition coefficient (Wildman–Crippen LogP) is 1.30. The molecule has 1 saturated heterocycles. The fourth-order valence-electron chi connectivity index (χ4n) is 2.65. The molecule has 22 heavy (non-hydrogen) atoms. The van der Waals surface area contributed by atoms with Gasteiger partial charge in [0.25, 0.3) is 11.5 Å². The summed E-state index contributed by atoms with van der Waals surface area (Å²) in [6, 6.07) is 9.06. The maximum Gasteiger partial charge on any atom is 0.296 e. The summed E-state index contributed by atoms with van der Waals surface area (Å²) in [4.78, 5) is 37.9. The molecule has 2 heterocycles. The van der Waals surface area contributed by atoms with Gasteiger partial charge in [-0.05, 0) is 19.1 Å². The highest BCUT2D eigenvalue weighted by Gasteiger charge is 2.38. The molecule has 0 unspecified atom stereocenters. The van der Waals surface area contributed by atoms with Gasteiger partial charge in [-0.15, -0.1) is 0 Å². The zero-order chi connectivity index (χ0) is 16.0. The standard InChI is InChI=1S/C16H15N3O3/c1-10-9-13(20)18(15(10)21)14-11(2)17(3)19(16(14)22)12-7-5-4-6-8-12/h4-8H,1,9H2,2-3H3. The van der Waals surface area contributed by atoms with E-state index >= 15 is 0 Å². The Bertz CT molecular complexity index is 859. The highest BCUT2D eigenvalue weighted by atomic mass is 16.2. The van der Waals surface area contributed by atoms with Crippen molar-refractivity contribution >= 4 is 17.5 Å². The van der Waals surface area contributed by atoms with Gasteiger partial charge in [-0.3, -0.25) is 19.1 Å². The van der Waals surface area contributed by atoms with Gasteiger partial charge >= 0.3 is 0 Å². The van der Waals surface area contributed by atoms with Gasteiger partial charge in [0.2, 0.25) is 5.91 Å². The maximum absolute atomic E-state index is 12.8.